The van der Waals surface area contributed by atoms with Gasteiger partial charge in [-0.2, -0.15) is 0 Å². The van der Waals surface area contributed by atoms with Gasteiger partial charge in [-0.05, 0) is 30.3 Å². The quantitative estimate of drug-likeness (QED) is 0.727. The van der Waals surface area contributed by atoms with Crippen molar-refractivity contribution >= 4 is 12.0 Å². The molecule has 8 heteroatoms. The largest absolute Gasteiger partial charge is 0.491 e. The van der Waals surface area contributed by atoms with Crippen LogP contribution in [-0.2, 0) is 11.2 Å². The number of carbonyl (C=O) groups is 2. The van der Waals surface area contributed by atoms with Crippen LogP contribution in [0.5, 0.6) is 5.88 Å². The van der Waals surface area contributed by atoms with Gasteiger partial charge in [0.1, 0.15) is 5.76 Å². The Kier molecular flexibility index (Phi) is 5.62. The van der Waals surface area contributed by atoms with Crippen LogP contribution in [0.4, 0.5) is 4.79 Å². The highest BCUT2D eigenvalue weighted by Gasteiger charge is 2.21. The third-order valence-corrected chi connectivity index (χ3v) is 3.90. The molecule has 3 N–H and O–H groups in total. The molecule has 1 aromatic heterocycles. The average Bonchev–Trinajstić information content (AvgIpc) is 2.91. The van der Waals surface area contributed by atoms with E-state index >= 15 is 0 Å². The van der Waals surface area contributed by atoms with Gasteiger partial charge in [-0.3, -0.25) is 4.79 Å². The molecule has 0 saturated carbocycles. The number of aromatic nitrogens is 1. The molecule has 1 fully saturated rings. The van der Waals surface area contributed by atoms with Crippen LogP contribution in [0.15, 0.2) is 10.6 Å². The molecule has 0 unspecified atom stereocenters. The molecule has 2 heterocycles. The Balaban J connectivity index is 1.56. The number of aryl methyl sites for hydroxylation is 1. The van der Waals surface area contributed by atoms with Crippen molar-refractivity contribution in [3.8, 4) is 5.88 Å². The van der Waals surface area contributed by atoms with Crippen LogP contribution in [-0.4, -0.2) is 51.9 Å². The number of likely N-dealkylation sites (tertiary alicyclic amines) is 1. The number of aromatic hydroxyl groups is 1. The van der Waals surface area contributed by atoms with Crippen molar-refractivity contribution in [1.82, 2.24) is 15.4 Å². The van der Waals surface area contributed by atoms with Crippen LogP contribution in [0.2, 0.25) is 0 Å². The fourth-order valence-corrected chi connectivity index (χ4v) is 2.57. The van der Waals surface area contributed by atoms with E-state index in [1.165, 1.54) is 11.0 Å². The van der Waals surface area contributed by atoms with Gasteiger partial charge in [0.15, 0.2) is 0 Å². The molecule has 0 atom stereocenters. The van der Waals surface area contributed by atoms with E-state index in [9.17, 15) is 9.59 Å². The average molecular weight is 311 g/mol. The molecule has 122 valence electrons. The van der Waals surface area contributed by atoms with Crippen LogP contribution in [0.3, 0.4) is 0 Å². The van der Waals surface area contributed by atoms with E-state index < -0.39 is 6.09 Å². The monoisotopic (exact) mass is 311 g/mol. The molecule has 0 aromatic carbocycles. The molecule has 0 aliphatic carbocycles. The molecule has 0 spiro atoms. The number of nitrogens with one attached hydrogen (secondary N) is 1. The Morgan fingerprint density at radius 3 is 2.73 bits per heavy atom. The van der Waals surface area contributed by atoms with Crippen molar-refractivity contribution in [3.05, 3.63) is 11.8 Å². The van der Waals surface area contributed by atoms with Gasteiger partial charge in [0.2, 0.25) is 5.91 Å². The first-order chi connectivity index (χ1) is 10.5. The number of hydrogen-bond donors (Lipinski definition) is 3. The van der Waals surface area contributed by atoms with Gasteiger partial charge >= 0.3 is 6.09 Å². The Labute approximate surface area is 128 Å². The summed E-state index contributed by atoms with van der Waals surface area (Å²) >= 11 is 0. The second-order valence-electron chi connectivity index (χ2n) is 5.50. The van der Waals surface area contributed by atoms with E-state index in [-0.39, 0.29) is 18.2 Å². The highest BCUT2D eigenvalue weighted by Crippen LogP contribution is 2.20. The summed E-state index contributed by atoms with van der Waals surface area (Å²) < 4.78 is 4.81. The fraction of sp³-hybridized carbons (Fsp3) is 0.643. The maximum atomic E-state index is 11.7. The zero-order valence-electron chi connectivity index (χ0n) is 12.3. The van der Waals surface area contributed by atoms with Crippen LogP contribution in [0.25, 0.3) is 0 Å². The zero-order valence-corrected chi connectivity index (χ0v) is 12.3. The molecular weight excluding hydrogens is 290 g/mol. The molecule has 8 nitrogen and oxygen atoms in total. The highest BCUT2D eigenvalue weighted by molar-refractivity contribution is 5.76. The Hall–Kier alpha value is -2.25. The van der Waals surface area contributed by atoms with Gasteiger partial charge in [-0.25, -0.2) is 4.79 Å². The van der Waals surface area contributed by atoms with Crippen molar-refractivity contribution < 1.29 is 24.3 Å². The zero-order chi connectivity index (χ0) is 15.9. The maximum Gasteiger partial charge on any atom is 0.407 e. The Morgan fingerprint density at radius 1 is 1.41 bits per heavy atom. The lowest BCUT2D eigenvalue weighted by molar-refractivity contribution is -0.121. The first kappa shape index (κ1) is 16.1. The Bertz CT molecular complexity index is 508. The molecule has 2 amide bonds. The molecule has 22 heavy (non-hydrogen) atoms. The first-order valence-electron chi connectivity index (χ1n) is 7.43. The van der Waals surface area contributed by atoms with Gasteiger partial charge < -0.3 is 25.0 Å². The van der Waals surface area contributed by atoms with Crippen LogP contribution < -0.4 is 5.32 Å². The van der Waals surface area contributed by atoms with Gasteiger partial charge in [0.25, 0.3) is 5.88 Å². The van der Waals surface area contributed by atoms with E-state index in [2.05, 4.69) is 10.5 Å². The van der Waals surface area contributed by atoms with Crippen LogP contribution in [0.1, 0.15) is 31.4 Å². The number of carbonyl (C=O) groups excluding carboxylic acids is 1. The molecule has 0 radical (unpaired) electrons. The minimum atomic E-state index is -0.856. The minimum absolute atomic E-state index is 0.0705. The predicted molar refractivity (Wildman–Crippen MR) is 76.4 cm³/mol. The van der Waals surface area contributed by atoms with E-state index in [1.54, 1.807) is 0 Å². The molecule has 1 aliphatic heterocycles. The van der Waals surface area contributed by atoms with Crippen LogP contribution >= 0.6 is 0 Å². The summed E-state index contributed by atoms with van der Waals surface area (Å²) in [5.74, 6) is 0.692. The number of nitrogens with zero attached hydrogens (tertiary/aromatic N) is 2. The standard InChI is InChI=1S/C14H21N3O5/c18-12(2-1-11-9-13(19)16-22-11)15-6-3-10-4-7-17(8-5-10)14(20)21/h9-10H,1-8H2,(H,15,18)(H,16,19)(H,20,21). The molecule has 2 rings (SSSR count). The van der Waals surface area contributed by atoms with Crippen molar-refractivity contribution in [2.45, 2.75) is 32.1 Å². The summed E-state index contributed by atoms with van der Waals surface area (Å²) in [6.45, 7) is 1.74. The Morgan fingerprint density at radius 2 is 2.14 bits per heavy atom. The van der Waals surface area contributed by atoms with E-state index in [4.69, 9.17) is 14.7 Å². The topological polar surface area (TPSA) is 116 Å². The second-order valence-corrected chi connectivity index (χ2v) is 5.50. The van der Waals surface area contributed by atoms with Crippen molar-refractivity contribution in [2.24, 2.45) is 5.92 Å². The van der Waals surface area contributed by atoms with E-state index in [0.717, 1.165) is 19.3 Å². The van der Waals surface area contributed by atoms with Crippen molar-refractivity contribution in [1.29, 1.82) is 0 Å². The third kappa shape index (κ3) is 4.94. The van der Waals surface area contributed by atoms with Gasteiger partial charge in [0.05, 0.1) is 0 Å². The lowest BCUT2D eigenvalue weighted by Gasteiger charge is -2.29. The van der Waals surface area contributed by atoms with Gasteiger partial charge in [0, 0.05) is 38.5 Å². The normalized spacial score (nSPS) is 15.7. The molecule has 1 saturated heterocycles. The molecule has 1 aromatic rings. The SMILES string of the molecule is O=C(CCc1cc(O)no1)NCCC1CCN(C(=O)O)CC1. The molecular formula is C14H21N3O5. The minimum Gasteiger partial charge on any atom is -0.491 e. The summed E-state index contributed by atoms with van der Waals surface area (Å²) in [7, 11) is 0. The second kappa shape index (κ2) is 7.67. The summed E-state index contributed by atoms with van der Waals surface area (Å²) in [5.41, 5.74) is 0. The molecule has 0 bridgehead atoms. The number of hydrogen-bond acceptors (Lipinski definition) is 5. The molecule has 1 aliphatic rings. The third-order valence-electron chi connectivity index (χ3n) is 3.90. The van der Waals surface area contributed by atoms with E-state index in [1.807, 2.05) is 0 Å². The van der Waals surface area contributed by atoms with Crippen LogP contribution in [0, 0.1) is 5.92 Å². The fourth-order valence-electron chi connectivity index (χ4n) is 2.57. The number of carboxylic acid groups (broad SMARTS) is 1. The number of rotatable bonds is 6. The van der Waals surface area contributed by atoms with Crippen molar-refractivity contribution in [3.63, 3.8) is 0 Å². The van der Waals surface area contributed by atoms with Crippen molar-refractivity contribution in [2.75, 3.05) is 19.6 Å². The lowest BCUT2D eigenvalue weighted by atomic mass is 9.94. The number of amides is 2. The summed E-state index contributed by atoms with van der Waals surface area (Å²) in [5, 5.41) is 24.1. The maximum absolute atomic E-state index is 11.7. The van der Waals surface area contributed by atoms with Gasteiger partial charge in [-0.1, -0.05) is 0 Å². The highest BCUT2D eigenvalue weighted by atomic mass is 16.5. The van der Waals surface area contributed by atoms with E-state index in [0.29, 0.717) is 37.7 Å². The first-order valence-corrected chi connectivity index (χ1v) is 7.43. The summed E-state index contributed by atoms with van der Waals surface area (Å²) in [6, 6.07) is 1.39. The smallest absolute Gasteiger partial charge is 0.407 e. The van der Waals surface area contributed by atoms with Gasteiger partial charge in [-0.15, -0.1) is 0 Å². The number of piperidine rings is 1. The summed E-state index contributed by atoms with van der Waals surface area (Å²) in [4.78, 5) is 23.9. The predicted octanol–water partition coefficient (Wildman–Crippen LogP) is 1.21. The summed E-state index contributed by atoms with van der Waals surface area (Å²) in [6.07, 6.45) is 2.38. The lowest BCUT2D eigenvalue weighted by Crippen LogP contribution is -2.38.